The van der Waals surface area contributed by atoms with E-state index in [1.807, 2.05) is 4.90 Å². The number of carbonyl (C=O) groups is 1. The number of carbonyl (C=O) groups excluding carboxylic acids is 1. The molecule has 33 heavy (non-hydrogen) atoms. The molecule has 172 valence electrons. The number of methoxy groups -OCH3 is 3. The molecule has 5 rings (SSSR count). The summed E-state index contributed by atoms with van der Waals surface area (Å²) >= 11 is 0. The Morgan fingerprint density at radius 2 is 1.67 bits per heavy atom. The minimum atomic E-state index is -0.198. The molecular formula is C26H29N3O4. The van der Waals surface area contributed by atoms with E-state index in [0.29, 0.717) is 35.9 Å². The van der Waals surface area contributed by atoms with Gasteiger partial charge in [-0.25, -0.2) is 0 Å². The molecule has 0 bridgehead atoms. The second kappa shape index (κ2) is 8.06. The molecule has 7 heteroatoms. The predicted molar refractivity (Wildman–Crippen MR) is 127 cm³/mol. The number of aromatic nitrogens is 1. The first kappa shape index (κ1) is 21.2. The molecule has 1 N–H and O–H groups in total. The van der Waals surface area contributed by atoms with Crippen molar-refractivity contribution in [3.05, 3.63) is 65.5 Å². The third-order valence-electron chi connectivity index (χ3n) is 6.84. The van der Waals surface area contributed by atoms with Crippen LogP contribution >= 0.6 is 0 Å². The standard InChI is InChI=1S/C26H29N3O4/c1-17-7-8-20-19(14-17)27-26(23-6-5-11-29(20)23)9-12-28(13-10-26)25(30)18-15-21(31-2)24(33-4)22(16-18)32-3/h5-8,11,14-16,27H,9-10,12-13H2,1-4H3. The van der Waals surface area contributed by atoms with E-state index < -0.39 is 0 Å². The quantitative estimate of drug-likeness (QED) is 0.644. The van der Waals surface area contributed by atoms with E-state index in [-0.39, 0.29) is 11.4 Å². The van der Waals surface area contributed by atoms with Crippen molar-refractivity contribution in [3.8, 4) is 22.9 Å². The number of likely N-dealkylation sites (tertiary alicyclic amines) is 1. The van der Waals surface area contributed by atoms with Gasteiger partial charge < -0.3 is 29.0 Å². The Balaban J connectivity index is 1.40. The number of amides is 1. The first-order valence-corrected chi connectivity index (χ1v) is 11.2. The van der Waals surface area contributed by atoms with E-state index in [0.717, 1.165) is 18.5 Å². The van der Waals surface area contributed by atoms with Gasteiger partial charge in [-0.3, -0.25) is 4.79 Å². The topological polar surface area (TPSA) is 65.0 Å². The van der Waals surface area contributed by atoms with E-state index in [9.17, 15) is 4.79 Å². The van der Waals surface area contributed by atoms with Crippen molar-refractivity contribution in [3.63, 3.8) is 0 Å². The Morgan fingerprint density at radius 1 is 0.970 bits per heavy atom. The van der Waals surface area contributed by atoms with Crippen molar-refractivity contribution >= 4 is 11.6 Å². The Morgan fingerprint density at radius 3 is 2.30 bits per heavy atom. The van der Waals surface area contributed by atoms with E-state index >= 15 is 0 Å². The molecule has 0 aliphatic carbocycles. The van der Waals surface area contributed by atoms with Crippen molar-refractivity contribution in [2.24, 2.45) is 0 Å². The van der Waals surface area contributed by atoms with Crippen molar-refractivity contribution in [1.29, 1.82) is 0 Å². The van der Waals surface area contributed by atoms with E-state index in [2.05, 4.69) is 53.3 Å². The molecular weight excluding hydrogens is 418 g/mol. The molecule has 1 saturated heterocycles. The number of hydrogen-bond acceptors (Lipinski definition) is 5. The van der Waals surface area contributed by atoms with Crippen LogP contribution in [0.15, 0.2) is 48.7 Å². The molecule has 7 nitrogen and oxygen atoms in total. The van der Waals surface area contributed by atoms with Crippen LogP contribution in [0.3, 0.4) is 0 Å². The summed E-state index contributed by atoms with van der Waals surface area (Å²) in [6.07, 6.45) is 3.76. The predicted octanol–water partition coefficient (Wildman–Crippen LogP) is 4.37. The Bertz CT molecular complexity index is 1180. The van der Waals surface area contributed by atoms with Crippen molar-refractivity contribution in [1.82, 2.24) is 9.47 Å². The van der Waals surface area contributed by atoms with Gasteiger partial charge >= 0.3 is 0 Å². The summed E-state index contributed by atoms with van der Waals surface area (Å²) in [4.78, 5) is 15.3. The van der Waals surface area contributed by atoms with Gasteiger partial charge in [0, 0.05) is 30.5 Å². The summed E-state index contributed by atoms with van der Waals surface area (Å²) in [5.41, 5.74) is 5.11. The molecule has 2 aliphatic heterocycles. The van der Waals surface area contributed by atoms with Crippen LogP contribution in [0.2, 0.25) is 0 Å². The highest BCUT2D eigenvalue weighted by Crippen LogP contribution is 2.44. The fraction of sp³-hybridized carbons (Fsp3) is 0.346. The van der Waals surface area contributed by atoms with Gasteiger partial charge in [0.2, 0.25) is 5.75 Å². The van der Waals surface area contributed by atoms with Crippen LogP contribution in [0.1, 0.15) is 34.5 Å². The summed E-state index contributed by atoms with van der Waals surface area (Å²) in [6, 6.07) is 14.2. The third-order valence-corrected chi connectivity index (χ3v) is 6.84. The molecule has 2 aromatic carbocycles. The molecule has 2 aliphatic rings. The smallest absolute Gasteiger partial charge is 0.254 e. The molecule has 0 saturated carbocycles. The molecule has 0 atom stereocenters. The maximum atomic E-state index is 13.4. The lowest BCUT2D eigenvalue weighted by Gasteiger charge is -2.46. The van der Waals surface area contributed by atoms with Gasteiger partial charge in [-0.1, -0.05) is 6.07 Å². The SMILES string of the molecule is COc1cc(C(=O)N2CCC3(CC2)Nc2cc(C)ccc2-n2cccc23)cc(OC)c1OC. The average molecular weight is 448 g/mol. The number of anilines is 1. The molecule has 1 aromatic heterocycles. The summed E-state index contributed by atoms with van der Waals surface area (Å²) in [5.74, 6) is 1.40. The van der Waals surface area contributed by atoms with E-state index in [1.54, 1.807) is 33.5 Å². The lowest BCUT2D eigenvalue weighted by Crippen LogP contribution is -2.51. The van der Waals surface area contributed by atoms with Gasteiger partial charge in [-0.15, -0.1) is 0 Å². The highest BCUT2D eigenvalue weighted by molar-refractivity contribution is 5.95. The average Bonchev–Trinajstić information content (AvgIpc) is 3.34. The van der Waals surface area contributed by atoms with Gasteiger partial charge in [0.25, 0.3) is 5.91 Å². The molecule has 3 aromatic rings. The first-order chi connectivity index (χ1) is 16.0. The summed E-state index contributed by atoms with van der Waals surface area (Å²) in [7, 11) is 4.66. The minimum absolute atomic E-state index is 0.0356. The normalized spacial score (nSPS) is 15.9. The number of nitrogens with zero attached hydrogens (tertiary/aromatic N) is 2. The number of rotatable bonds is 4. The van der Waals surface area contributed by atoms with E-state index in [1.165, 1.54) is 16.9 Å². The number of hydrogen-bond donors (Lipinski definition) is 1. The zero-order valence-electron chi connectivity index (χ0n) is 19.5. The zero-order chi connectivity index (χ0) is 23.2. The monoisotopic (exact) mass is 447 g/mol. The van der Waals surface area contributed by atoms with Crippen LogP contribution in [-0.4, -0.2) is 49.8 Å². The van der Waals surface area contributed by atoms with Gasteiger partial charge in [0.15, 0.2) is 11.5 Å². The van der Waals surface area contributed by atoms with E-state index in [4.69, 9.17) is 14.2 Å². The zero-order valence-corrected chi connectivity index (χ0v) is 19.5. The fourth-order valence-electron chi connectivity index (χ4n) is 5.12. The second-order valence-corrected chi connectivity index (χ2v) is 8.70. The number of piperidine rings is 1. The van der Waals surface area contributed by atoms with Gasteiger partial charge in [-0.2, -0.15) is 0 Å². The summed E-state index contributed by atoms with van der Waals surface area (Å²) in [6.45, 7) is 3.40. The van der Waals surface area contributed by atoms with Crippen LogP contribution in [-0.2, 0) is 5.54 Å². The molecule has 3 heterocycles. The fourth-order valence-corrected chi connectivity index (χ4v) is 5.12. The second-order valence-electron chi connectivity index (χ2n) is 8.70. The van der Waals surface area contributed by atoms with Crippen LogP contribution in [0.5, 0.6) is 17.2 Å². The summed E-state index contributed by atoms with van der Waals surface area (Å²) < 4.78 is 18.5. The Kier molecular flexibility index (Phi) is 5.19. The van der Waals surface area contributed by atoms with Gasteiger partial charge in [0.05, 0.1) is 38.2 Å². The molecule has 1 fully saturated rings. The Hall–Kier alpha value is -3.61. The van der Waals surface area contributed by atoms with Crippen LogP contribution in [0, 0.1) is 6.92 Å². The lowest BCUT2D eigenvalue weighted by atomic mass is 9.82. The highest BCUT2D eigenvalue weighted by atomic mass is 16.5. The van der Waals surface area contributed by atoms with Crippen LogP contribution in [0.25, 0.3) is 5.69 Å². The van der Waals surface area contributed by atoms with Crippen molar-refractivity contribution < 1.29 is 19.0 Å². The Labute approximate surface area is 193 Å². The highest BCUT2D eigenvalue weighted by Gasteiger charge is 2.42. The maximum absolute atomic E-state index is 13.4. The minimum Gasteiger partial charge on any atom is -0.493 e. The van der Waals surface area contributed by atoms with Gasteiger partial charge in [0.1, 0.15) is 0 Å². The summed E-state index contributed by atoms with van der Waals surface area (Å²) in [5, 5.41) is 3.83. The number of ether oxygens (including phenoxy) is 3. The maximum Gasteiger partial charge on any atom is 0.254 e. The molecule has 0 unspecified atom stereocenters. The van der Waals surface area contributed by atoms with Gasteiger partial charge in [-0.05, 0) is 61.7 Å². The van der Waals surface area contributed by atoms with Crippen LogP contribution < -0.4 is 19.5 Å². The largest absolute Gasteiger partial charge is 0.493 e. The first-order valence-electron chi connectivity index (χ1n) is 11.2. The van der Waals surface area contributed by atoms with Crippen molar-refractivity contribution in [2.75, 3.05) is 39.7 Å². The number of nitrogens with one attached hydrogen (secondary N) is 1. The number of fused-ring (bicyclic) bond motifs is 4. The molecule has 1 amide bonds. The molecule has 1 spiro atoms. The van der Waals surface area contributed by atoms with Crippen LogP contribution in [0.4, 0.5) is 5.69 Å². The molecule has 0 radical (unpaired) electrons. The number of benzene rings is 2. The third kappa shape index (κ3) is 3.39. The van der Waals surface area contributed by atoms with Crippen molar-refractivity contribution in [2.45, 2.75) is 25.3 Å². The number of aryl methyl sites for hydroxylation is 1. The lowest BCUT2D eigenvalue weighted by molar-refractivity contribution is 0.0675.